The van der Waals surface area contributed by atoms with Crippen molar-refractivity contribution >= 4 is 6.16 Å². The second-order valence-corrected chi connectivity index (χ2v) is 4.51. The summed E-state index contributed by atoms with van der Waals surface area (Å²) < 4.78 is 4.62. The molecule has 1 unspecified atom stereocenters. The van der Waals surface area contributed by atoms with Crippen molar-refractivity contribution in [2.75, 3.05) is 6.61 Å². The van der Waals surface area contributed by atoms with E-state index in [0.717, 1.165) is 12.8 Å². The standard InChI is InChI=1S/C15H22O3/c1-2-3-5-8-14(11-12-18-15(16)17)13-9-6-4-7-10-13/h4,6-7,9-10,14H,2-3,5,8,11-12H2,1H3,(H,16,17). The highest BCUT2D eigenvalue weighted by Crippen LogP contribution is 2.25. The summed E-state index contributed by atoms with van der Waals surface area (Å²) in [5, 5.41) is 8.49. The van der Waals surface area contributed by atoms with Gasteiger partial charge in [0.05, 0.1) is 6.61 Å². The lowest BCUT2D eigenvalue weighted by Gasteiger charge is -2.16. The Morgan fingerprint density at radius 2 is 1.94 bits per heavy atom. The van der Waals surface area contributed by atoms with Gasteiger partial charge in [-0.15, -0.1) is 0 Å². The van der Waals surface area contributed by atoms with Crippen LogP contribution in [0.5, 0.6) is 0 Å². The maximum Gasteiger partial charge on any atom is 0.505 e. The summed E-state index contributed by atoms with van der Waals surface area (Å²) in [7, 11) is 0. The second kappa shape index (κ2) is 8.56. The smallest absolute Gasteiger partial charge is 0.450 e. The van der Waals surface area contributed by atoms with Crippen LogP contribution in [-0.4, -0.2) is 17.9 Å². The number of hydrogen-bond acceptors (Lipinski definition) is 2. The van der Waals surface area contributed by atoms with Crippen LogP contribution in [0, 0.1) is 0 Å². The maximum absolute atomic E-state index is 10.4. The van der Waals surface area contributed by atoms with Gasteiger partial charge in [-0.3, -0.25) is 0 Å². The fourth-order valence-electron chi connectivity index (χ4n) is 2.13. The third-order valence-electron chi connectivity index (χ3n) is 3.12. The minimum Gasteiger partial charge on any atom is -0.450 e. The van der Waals surface area contributed by atoms with Crippen molar-refractivity contribution in [2.24, 2.45) is 0 Å². The molecule has 0 aliphatic heterocycles. The molecule has 1 atom stereocenters. The predicted octanol–water partition coefficient (Wildman–Crippen LogP) is 4.44. The van der Waals surface area contributed by atoms with Crippen molar-refractivity contribution in [2.45, 2.75) is 44.9 Å². The van der Waals surface area contributed by atoms with Crippen LogP contribution in [-0.2, 0) is 4.74 Å². The van der Waals surface area contributed by atoms with Gasteiger partial charge >= 0.3 is 6.16 Å². The highest BCUT2D eigenvalue weighted by Gasteiger charge is 2.11. The first-order chi connectivity index (χ1) is 8.74. The second-order valence-electron chi connectivity index (χ2n) is 4.51. The molecule has 0 aliphatic carbocycles. The lowest BCUT2D eigenvalue weighted by molar-refractivity contribution is 0.0885. The number of ether oxygens (including phenoxy) is 1. The molecule has 0 fully saturated rings. The van der Waals surface area contributed by atoms with Crippen molar-refractivity contribution in [3.8, 4) is 0 Å². The van der Waals surface area contributed by atoms with E-state index < -0.39 is 6.16 Å². The van der Waals surface area contributed by atoms with Crippen molar-refractivity contribution < 1.29 is 14.6 Å². The summed E-state index contributed by atoms with van der Waals surface area (Å²) >= 11 is 0. The first-order valence-corrected chi connectivity index (χ1v) is 6.64. The van der Waals surface area contributed by atoms with Gasteiger partial charge in [-0.2, -0.15) is 0 Å². The fourth-order valence-corrected chi connectivity index (χ4v) is 2.13. The third-order valence-corrected chi connectivity index (χ3v) is 3.12. The van der Waals surface area contributed by atoms with Gasteiger partial charge in [0.2, 0.25) is 0 Å². The summed E-state index contributed by atoms with van der Waals surface area (Å²) in [6.07, 6.45) is 4.29. The van der Waals surface area contributed by atoms with E-state index in [1.165, 1.54) is 24.8 Å². The zero-order valence-corrected chi connectivity index (χ0v) is 11.0. The Morgan fingerprint density at radius 1 is 1.22 bits per heavy atom. The van der Waals surface area contributed by atoms with Gasteiger partial charge in [-0.05, 0) is 24.3 Å². The molecule has 18 heavy (non-hydrogen) atoms. The molecule has 1 rings (SSSR count). The maximum atomic E-state index is 10.4. The molecule has 1 aromatic rings. The van der Waals surface area contributed by atoms with Crippen LogP contribution in [0.3, 0.4) is 0 Å². The third kappa shape index (κ3) is 5.71. The molecule has 0 spiro atoms. The van der Waals surface area contributed by atoms with Gasteiger partial charge in [-0.25, -0.2) is 4.79 Å². The molecule has 0 amide bonds. The lowest BCUT2D eigenvalue weighted by atomic mass is 9.91. The molecule has 0 heterocycles. The van der Waals surface area contributed by atoms with Crippen molar-refractivity contribution in [1.82, 2.24) is 0 Å². The van der Waals surface area contributed by atoms with Crippen LogP contribution in [0.2, 0.25) is 0 Å². The normalized spacial score (nSPS) is 12.1. The van der Waals surface area contributed by atoms with Crippen LogP contribution >= 0.6 is 0 Å². The molecule has 0 radical (unpaired) electrons. The number of rotatable bonds is 8. The molecule has 0 aliphatic rings. The van der Waals surface area contributed by atoms with Gasteiger partial charge < -0.3 is 9.84 Å². The number of carbonyl (C=O) groups is 1. The number of benzene rings is 1. The highest BCUT2D eigenvalue weighted by molar-refractivity contribution is 5.56. The highest BCUT2D eigenvalue weighted by atomic mass is 16.7. The first kappa shape index (κ1) is 14.6. The molecule has 100 valence electrons. The Morgan fingerprint density at radius 3 is 2.56 bits per heavy atom. The van der Waals surface area contributed by atoms with Crippen molar-refractivity contribution in [3.63, 3.8) is 0 Å². The van der Waals surface area contributed by atoms with Crippen LogP contribution in [0.15, 0.2) is 30.3 Å². The minimum absolute atomic E-state index is 0.279. The first-order valence-electron chi connectivity index (χ1n) is 6.64. The average Bonchev–Trinajstić information content (AvgIpc) is 2.38. The predicted molar refractivity (Wildman–Crippen MR) is 71.9 cm³/mol. The quantitative estimate of drug-likeness (QED) is 0.548. The SMILES string of the molecule is CCCCCC(CCOC(=O)O)c1ccccc1. The van der Waals surface area contributed by atoms with Gasteiger partial charge in [0, 0.05) is 0 Å². The average molecular weight is 250 g/mol. The number of carboxylic acid groups (broad SMARTS) is 1. The van der Waals surface area contributed by atoms with Gasteiger partial charge in [0.1, 0.15) is 0 Å². The molecule has 0 aromatic heterocycles. The van der Waals surface area contributed by atoms with Crippen LogP contribution in [0.25, 0.3) is 0 Å². The Balaban J connectivity index is 2.49. The molecule has 3 heteroatoms. The van der Waals surface area contributed by atoms with E-state index in [2.05, 4.69) is 23.8 Å². The van der Waals surface area contributed by atoms with Crippen LogP contribution < -0.4 is 0 Å². The van der Waals surface area contributed by atoms with E-state index in [9.17, 15) is 4.79 Å². The van der Waals surface area contributed by atoms with Crippen molar-refractivity contribution in [1.29, 1.82) is 0 Å². The monoisotopic (exact) mass is 250 g/mol. The van der Waals surface area contributed by atoms with E-state index in [4.69, 9.17) is 5.11 Å². The van der Waals surface area contributed by atoms with Crippen molar-refractivity contribution in [3.05, 3.63) is 35.9 Å². The van der Waals surface area contributed by atoms with E-state index in [-0.39, 0.29) is 6.61 Å². The minimum atomic E-state index is -1.18. The molecule has 0 saturated heterocycles. The molecule has 1 aromatic carbocycles. The summed E-state index contributed by atoms with van der Waals surface area (Å²) in [6.45, 7) is 2.46. The topological polar surface area (TPSA) is 46.5 Å². The summed E-state index contributed by atoms with van der Waals surface area (Å²) in [6, 6.07) is 10.3. The summed E-state index contributed by atoms with van der Waals surface area (Å²) in [5.41, 5.74) is 1.28. The number of unbranched alkanes of at least 4 members (excludes halogenated alkanes) is 2. The summed E-state index contributed by atoms with van der Waals surface area (Å²) in [5.74, 6) is 0.400. The van der Waals surface area contributed by atoms with Gasteiger partial charge in [0.15, 0.2) is 0 Å². The lowest BCUT2D eigenvalue weighted by Crippen LogP contribution is -2.07. The summed E-state index contributed by atoms with van der Waals surface area (Å²) in [4.78, 5) is 10.4. The van der Waals surface area contributed by atoms with E-state index in [1.807, 2.05) is 18.2 Å². The van der Waals surface area contributed by atoms with E-state index in [0.29, 0.717) is 5.92 Å². The van der Waals surface area contributed by atoms with E-state index in [1.54, 1.807) is 0 Å². The largest absolute Gasteiger partial charge is 0.505 e. The van der Waals surface area contributed by atoms with Gasteiger partial charge in [0.25, 0.3) is 0 Å². The Kier molecular flexibility index (Phi) is 6.92. The van der Waals surface area contributed by atoms with Crippen LogP contribution in [0.4, 0.5) is 4.79 Å². The number of hydrogen-bond donors (Lipinski definition) is 1. The van der Waals surface area contributed by atoms with E-state index >= 15 is 0 Å². The zero-order valence-electron chi connectivity index (χ0n) is 11.0. The molecule has 1 N–H and O–H groups in total. The molecule has 0 bridgehead atoms. The molecular formula is C15H22O3. The van der Waals surface area contributed by atoms with Gasteiger partial charge in [-0.1, -0.05) is 56.5 Å². The Hall–Kier alpha value is -1.51. The fraction of sp³-hybridized carbons (Fsp3) is 0.533. The molecule has 3 nitrogen and oxygen atoms in total. The molecular weight excluding hydrogens is 228 g/mol. The molecule has 0 saturated carbocycles. The Labute approximate surface area is 109 Å². The van der Waals surface area contributed by atoms with Crippen LogP contribution in [0.1, 0.15) is 50.5 Å². The Bertz CT molecular complexity index is 335. The zero-order chi connectivity index (χ0) is 13.2.